The van der Waals surface area contributed by atoms with E-state index in [-0.39, 0.29) is 12.8 Å². The zero-order chi connectivity index (χ0) is 55.4. The first-order valence-electron chi connectivity index (χ1n) is 33.1. The molecule has 1 aliphatic heterocycles. The number of hydrogen-bond donors (Lipinski definition) is 8. The molecule has 1 heterocycles. The molecule has 0 aromatic carbocycles. The third kappa shape index (κ3) is 41.8. The minimum atomic E-state index is -1.67. The van der Waals surface area contributed by atoms with Crippen molar-refractivity contribution in [2.45, 2.75) is 384 Å². The molecule has 0 radical (unpaired) electrons. The maximum Gasteiger partial charge on any atom is 0.249 e. The van der Waals surface area contributed by atoms with Crippen molar-refractivity contribution < 1.29 is 50.0 Å². The van der Waals surface area contributed by atoms with Crippen molar-refractivity contribution in [3.63, 3.8) is 0 Å². The number of rotatable bonds is 58. The van der Waals surface area contributed by atoms with Gasteiger partial charge in [0.15, 0.2) is 6.29 Å². The molecule has 452 valence electrons. The van der Waals surface area contributed by atoms with E-state index in [0.29, 0.717) is 12.8 Å². The van der Waals surface area contributed by atoms with Gasteiger partial charge in [-0.25, -0.2) is 0 Å². The highest BCUT2D eigenvalue weighted by atomic mass is 16.7. The van der Waals surface area contributed by atoms with Crippen molar-refractivity contribution in [1.82, 2.24) is 5.32 Å². The Bertz CT molecular complexity index is 1240. The topological polar surface area (TPSA) is 189 Å². The molecule has 1 fully saturated rings. The van der Waals surface area contributed by atoms with Gasteiger partial charge in [0.1, 0.15) is 36.6 Å². The van der Waals surface area contributed by atoms with E-state index < -0.39 is 74.2 Å². The van der Waals surface area contributed by atoms with Gasteiger partial charge in [-0.15, -0.1) is 0 Å². The van der Waals surface area contributed by atoms with Crippen LogP contribution in [0.2, 0.25) is 0 Å². The third-order valence-corrected chi connectivity index (χ3v) is 16.3. The molecule has 11 nitrogen and oxygen atoms in total. The lowest BCUT2D eigenvalue weighted by molar-refractivity contribution is -0.303. The maximum atomic E-state index is 13.2. The Kier molecular flexibility index (Phi) is 52.2. The molecule has 0 aromatic heterocycles. The second-order valence-electron chi connectivity index (χ2n) is 23.5. The van der Waals surface area contributed by atoms with E-state index in [1.54, 1.807) is 0 Å². The molecule has 9 atom stereocenters. The lowest BCUT2D eigenvalue weighted by Gasteiger charge is -2.40. The Morgan fingerprint density at radius 2 is 0.776 bits per heavy atom. The molecular formula is C65H127NO10. The van der Waals surface area contributed by atoms with Crippen LogP contribution in [0.4, 0.5) is 0 Å². The monoisotopic (exact) mass is 1080 g/mol. The molecule has 1 amide bonds. The average Bonchev–Trinajstić information content (AvgIpc) is 3.42. The summed E-state index contributed by atoms with van der Waals surface area (Å²) in [5.41, 5.74) is 0. The molecule has 0 bridgehead atoms. The zero-order valence-corrected chi connectivity index (χ0v) is 49.8. The number of hydrogen-bond acceptors (Lipinski definition) is 10. The van der Waals surface area contributed by atoms with E-state index >= 15 is 0 Å². The number of aliphatic hydroxyl groups excluding tert-OH is 7. The standard InChI is InChI=1S/C65H127NO10/c1-3-5-7-9-11-13-15-17-19-21-23-25-27-28-29-31-33-35-37-39-41-43-45-47-49-51-53-58(69)64(74)66-56(55-75-65-63(73)62(72)61(71)59(54-67)76-65)60(70)57(68)52-50-48-46-44-42-40-38-36-34-32-30-26-24-22-20-18-16-14-12-10-8-6-4-2/h44,46,56-63,65,67-73H,3-43,45,47-55H2,1-2H3,(H,66,74)/b46-44+. The van der Waals surface area contributed by atoms with Gasteiger partial charge in [-0.3, -0.25) is 4.79 Å². The second kappa shape index (κ2) is 54.4. The van der Waals surface area contributed by atoms with E-state index in [0.717, 1.165) is 38.5 Å². The number of nitrogens with one attached hydrogen (secondary N) is 1. The summed E-state index contributed by atoms with van der Waals surface area (Å²) in [6.45, 7) is 3.50. The van der Waals surface area contributed by atoms with Gasteiger partial charge in [-0.1, -0.05) is 302 Å². The zero-order valence-electron chi connectivity index (χ0n) is 49.8. The van der Waals surface area contributed by atoms with Gasteiger partial charge in [-0.2, -0.15) is 0 Å². The molecule has 11 heteroatoms. The van der Waals surface area contributed by atoms with Crippen LogP contribution in [0.5, 0.6) is 0 Å². The second-order valence-corrected chi connectivity index (χ2v) is 23.5. The molecular weight excluding hydrogens is 955 g/mol. The average molecular weight is 1080 g/mol. The highest BCUT2D eigenvalue weighted by Gasteiger charge is 2.44. The van der Waals surface area contributed by atoms with E-state index in [9.17, 15) is 40.5 Å². The number of allylic oxidation sites excluding steroid dienone is 2. The first-order chi connectivity index (χ1) is 37.2. The SMILES string of the molecule is CCCCCCCCCCCCCCCCCCCC/C=C/CCCC(O)C(O)C(COC1OC(CO)C(O)C(O)C1O)NC(=O)C(O)CCCCCCCCCCCCCCCCCCCCCCCCCCCC. The number of amides is 1. The van der Waals surface area contributed by atoms with Crippen molar-refractivity contribution in [3.05, 3.63) is 12.2 Å². The van der Waals surface area contributed by atoms with Gasteiger partial charge < -0.3 is 50.5 Å². The fraction of sp³-hybridized carbons (Fsp3) is 0.954. The maximum absolute atomic E-state index is 13.2. The van der Waals surface area contributed by atoms with E-state index in [1.807, 2.05) is 0 Å². The van der Waals surface area contributed by atoms with Gasteiger partial charge in [-0.05, 0) is 38.5 Å². The van der Waals surface area contributed by atoms with Crippen LogP contribution >= 0.6 is 0 Å². The number of ether oxygens (including phenoxy) is 2. The molecule has 76 heavy (non-hydrogen) atoms. The smallest absolute Gasteiger partial charge is 0.249 e. The highest BCUT2D eigenvalue weighted by molar-refractivity contribution is 5.80. The first-order valence-corrected chi connectivity index (χ1v) is 33.1. The van der Waals surface area contributed by atoms with Crippen LogP contribution in [-0.2, 0) is 14.3 Å². The lowest BCUT2D eigenvalue weighted by Crippen LogP contribution is -2.60. The molecule has 0 saturated carbocycles. The fourth-order valence-corrected chi connectivity index (χ4v) is 11.0. The summed E-state index contributed by atoms with van der Waals surface area (Å²) >= 11 is 0. The van der Waals surface area contributed by atoms with Gasteiger partial charge in [0.05, 0.1) is 25.4 Å². The van der Waals surface area contributed by atoms with Crippen LogP contribution in [-0.4, -0.2) is 110 Å². The Labute approximate surface area is 468 Å². The lowest BCUT2D eigenvalue weighted by atomic mass is 9.98. The summed E-state index contributed by atoms with van der Waals surface area (Å²) in [4.78, 5) is 13.2. The quantitative estimate of drug-likeness (QED) is 0.0215. The first kappa shape index (κ1) is 72.9. The van der Waals surface area contributed by atoms with Gasteiger partial charge in [0.2, 0.25) is 5.91 Å². The molecule has 8 N–H and O–H groups in total. The Balaban J connectivity index is 2.24. The molecule has 9 unspecified atom stereocenters. The predicted octanol–water partition coefficient (Wildman–Crippen LogP) is 15.1. The van der Waals surface area contributed by atoms with Gasteiger partial charge in [0.25, 0.3) is 0 Å². The fourth-order valence-electron chi connectivity index (χ4n) is 11.0. The summed E-state index contributed by atoms with van der Waals surface area (Å²) in [6.07, 6.45) is 54.3. The van der Waals surface area contributed by atoms with Crippen molar-refractivity contribution in [3.8, 4) is 0 Å². The van der Waals surface area contributed by atoms with Crippen molar-refractivity contribution in [2.24, 2.45) is 0 Å². The summed E-state index contributed by atoms with van der Waals surface area (Å²) < 4.78 is 11.2. The van der Waals surface area contributed by atoms with Crippen LogP contribution in [0.3, 0.4) is 0 Å². The van der Waals surface area contributed by atoms with Crippen LogP contribution in [0.1, 0.15) is 328 Å². The van der Waals surface area contributed by atoms with E-state index in [2.05, 4.69) is 31.3 Å². The minimum absolute atomic E-state index is 0.260. The van der Waals surface area contributed by atoms with Crippen molar-refractivity contribution in [2.75, 3.05) is 13.2 Å². The van der Waals surface area contributed by atoms with Gasteiger partial charge in [0, 0.05) is 0 Å². The summed E-state index contributed by atoms with van der Waals surface area (Å²) in [5.74, 6) is -0.698. The predicted molar refractivity (Wildman–Crippen MR) is 316 cm³/mol. The highest BCUT2D eigenvalue weighted by Crippen LogP contribution is 2.24. The third-order valence-electron chi connectivity index (χ3n) is 16.3. The van der Waals surface area contributed by atoms with Gasteiger partial charge >= 0.3 is 0 Å². The van der Waals surface area contributed by atoms with Crippen LogP contribution < -0.4 is 5.32 Å². The summed E-state index contributed by atoms with van der Waals surface area (Å²) in [7, 11) is 0. The van der Waals surface area contributed by atoms with Crippen molar-refractivity contribution >= 4 is 5.91 Å². The summed E-state index contributed by atoms with van der Waals surface area (Å²) in [5, 5.41) is 76.4. The van der Waals surface area contributed by atoms with E-state index in [1.165, 1.54) is 250 Å². The van der Waals surface area contributed by atoms with Crippen LogP contribution in [0, 0.1) is 0 Å². The number of carbonyl (C=O) groups is 1. The normalized spacial score (nSPS) is 19.6. The van der Waals surface area contributed by atoms with Crippen LogP contribution in [0.15, 0.2) is 12.2 Å². The van der Waals surface area contributed by atoms with Crippen LogP contribution in [0.25, 0.3) is 0 Å². The Morgan fingerprint density at radius 3 is 1.13 bits per heavy atom. The number of aliphatic hydroxyl groups is 7. The van der Waals surface area contributed by atoms with Crippen molar-refractivity contribution in [1.29, 1.82) is 0 Å². The summed E-state index contributed by atoms with van der Waals surface area (Å²) in [6, 6.07) is -1.18. The molecule has 0 spiro atoms. The molecule has 1 rings (SSSR count). The molecule has 1 aliphatic rings. The molecule has 1 saturated heterocycles. The molecule has 0 aliphatic carbocycles. The Morgan fingerprint density at radius 1 is 0.447 bits per heavy atom. The number of carbonyl (C=O) groups excluding carboxylic acids is 1. The number of unbranched alkanes of at least 4 members (excludes halogenated alkanes) is 44. The minimum Gasteiger partial charge on any atom is -0.394 e. The molecule has 0 aromatic rings. The van der Waals surface area contributed by atoms with E-state index in [4.69, 9.17) is 9.47 Å². The largest absolute Gasteiger partial charge is 0.394 e. The Hall–Kier alpha value is -1.15.